The lowest BCUT2D eigenvalue weighted by molar-refractivity contribution is -0.134. The van der Waals surface area contributed by atoms with Gasteiger partial charge in [0.25, 0.3) is 0 Å². The van der Waals surface area contributed by atoms with Crippen molar-refractivity contribution in [1.29, 1.82) is 0 Å². The maximum absolute atomic E-state index is 12.5. The summed E-state index contributed by atoms with van der Waals surface area (Å²) in [5, 5.41) is 3.18. The van der Waals surface area contributed by atoms with Crippen LogP contribution in [0.5, 0.6) is 0 Å². The Kier molecular flexibility index (Phi) is 5.62. The van der Waals surface area contributed by atoms with Crippen LogP contribution in [-0.2, 0) is 14.6 Å². The number of nitrogens with one attached hydrogen (secondary N) is 1. The molecule has 2 aliphatic rings. The van der Waals surface area contributed by atoms with Gasteiger partial charge in [-0.15, -0.1) is 0 Å². The van der Waals surface area contributed by atoms with Gasteiger partial charge < -0.3 is 10.2 Å². The zero-order valence-electron chi connectivity index (χ0n) is 13.0. The second kappa shape index (κ2) is 7.07. The molecule has 0 saturated carbocycles. The van der Waals surface area contributed by atoms with Crippen LogP contribution in [0.25, 0.3) is 0 Å². The lowest BCUT2D eigenvalue weighted by Crippen LogP contribution is -2.48. The molecule has 2 saturated heterocycles. The number of rotatable bonds is 6. The van der Waals surface area contributed by atoms with E-state index in [2.05, 4.69) is 10.2 Å². The van der Waals surface area contributed by atoms with Crippen LogP contribution in [0.3, 0.4) is 0 Å². The van der Waals surface area contributed by atoms with Crippen molar-refractivity contribution in [2.24, 2.45) is 0 Å². The number of carbonyl (C=O) groups is 1. The predicted octanol–water partition coefficient (Wildman–Crippen LogP) is -0.294. The molecular formula is C14H27N3O3S. The van der Waals surface area contributed by atoms with Crippen molar-refractivity contribution < 1.29 is 13.2 Å². The molecule has 7 heteroatoms. The Morgan fingerprint density at radius 2 is 2.14 bits per heavy atom. The molecule has 0 aromatic carbocycles. The van der Waals surface area contributed by atoms with E-state index >= 15 is 0 Å². The van der Waals surface area contributed by atoms with E-state index < -0.39 is 9.84 Å². The summed E-state index contributed by atoms with van der Waals surface area (Å²) in [7, 11) is -1.02. The number of sulfone groups is 1. The topological polar surface area (TPSA) is 69.7 Å². The average Bonchev–Trinajstić information content (AvgIpc) is 2.98. The molecule has 0 spiro atoms. The van der Waals surface area contributed by atoms with E-state index in [0.29, 0.717) is 25.6 Å². The first-order valence-electron chi connectivity index (χ1n) is 7.85. The molecule has 122 valence electrons. The van der Waals surface area contributed by atoms with Crippen molar-refractivity contribution in [3.8, 4) is 0 Å². The van der Waals surface area contributed by atoms with E-state index in [9.17, 15) is 13.2 Å². The third-order valence-corrected chi connectivity index (χ3v) is 6.34. The fraction of sp³-hybridized carbons (Fsp3) is 0.929. The zero-order chi connectivity index (χ0) is 15.5. The minimum Gasteiger partial charge on any atom is -0.338 e. The van der Waals surface area contributed by atoms with Gasteiger partial charge in [0, 0.05) is 25.2 Å². The molecule has 0 bridgehead atoms. The Hall–Kier alpha value is -0.660. The molecule has 0 radical (unpaired) electrons. The zero-order valence-corrected chi connectivity index (χ0v) is 13.9. The predicted molar refractivity (Wildman–Crippen MR) is 83.0 cm³/mol. The van der Waals surface area contributed by atoms with E-state index in [0.717, 1.165) is 25.9 Å². The van der Waals surface area contributed by atoms with E-state index in [1.54, 1.807) is 4.90 Å². The first-order chi connectivity index (χ1) is 9.96. The number of likely N-dealkylation sites (N-methyl/N-ethyl adjacent to an activating group) is 2. The highest BCUT2D eigenvalue weighted by atomic mass is 32.2. The molecule has 2 heterocycles. The quantitative estimate of drug-likeness (QED) is 0.729. The van der Waals surface area contributed by atoms with Crippen molar-refractivity contribution in [3.05, 3.63) is 0 Å². The van der Waals surface area contributed by atoms with E-state index in [4.69, 9.17) is 0 Å². The fourth-order valence-electron chi connectivity index (χ4n) is 3.49. The van der Waals surface area contributed by atoms with Crippen LogP contribution in [-0.4, -0.2) is 80.9 Å². The van der Waals surface area contributed by atoms with Crippen LogP contribution in [0.15, 0.2) is 0 Å². The summed E-state index contributed by atoms with van der Waals surface area (Å²) < 4.78 is 23.2. The summed E-state index contributed by atoms with van der Waals surface area (Å²) in [5.74, 6) is 0.419. The molecule has 21 heavy (non-hydrogen) atoms. The van der Waals surface area contributed by atoms with Gasteiger partial charge in [0.15, 0.2) is 9.84 Å². The van der Waals surface area contributed by atoms with E-state index in [1.807, 2.05) is 14.0 Å². The summed E-state index contributed by atoms with van der Waals surface area (Å²) in [4.78, 5) is 16.5. The van der Waals surface area contributed by atoms with Crippen LogP contribution >= 0.6 is 0 Å². The molecule has 0 aromatic rings. The number of hydrogen-bond acceptors (Lipinski definition) is 5. The second-order valence-corrected chi connectivity index (χ2v) is 8.29. The van der Waals surface area contributed by atoms with Crippen molar-refractivity contribution in [2.75, 3.05) is 44.7 Å². The number of nitrogens with zero attached hydrogens (tertiary/aromatic N) is 2. The van der Waals surface area contributed by atoms with Gasteiger partial charge in [-0.25, -0.2) is 8.42 Å². The van der Waals surface area contributed by atoms with E-state index in [-0.39, 0.29) is 23.5 Å². The Bertz CT molecular complexity index is 466. The summed E-state index contributed by atoms with van der Waals surface area (Å²) in [6.07, 6.45) is 2.84. The maximum Gasteiger partial charge on any atom is 0.237 e. The molecule has 1 amide bonds. The second-order valence-electron chi connectivity index (χ2n) is 6.06. The molecule has 2 aliphatic heterocycles. The molecule has 0 aliphatic carbocycles. The Labute approximate surface area is 127 Å². The van der Waals surface area contributed by atoms with Crippen LogP contribution in [0.1, 0.15) is 26.2 Å². The third kappa shape index (κ3) is 4.17. The first-order valence-corrected chi connectivity index (χ1v) is 9.67. The smallest absolute Gasteiger partial charge is 0.237 e. The lowest BCUT2D eigenvalue weighted by atomic mass is 10.2. The summed E-state index contributed by atoms with van der Waals surface area (Å²) in [5.41, 5.74) is 0. The molecule has 2 fully saturated rings. The highest BCUT2D eigenvalue weighted by molar-refractivity contribution is 7.91. The number of likely N-dealkylation sites (tertiary alicyclic amines) is 1. The molecular weight excluding hydrogens is 290 g/mol. The van der Waals surface area contributed by atoms with Gasteiger partial charge in [-0.05, 0) is 39.8 Å². The Morgan fingerprint density at radius 1 is 1.38 bits per heavy atom. The highest BCUT2D eigenvalue weighted by Crippen LogP contribution is 2.20. The molecule has 2 unspecified atom stereocenters. The standard InChI is InChI=1S/C14H27N3O3S/c1-3-17(13-6-8-21(19,20)11-13)14(18)10-16-7-4-5-12(16)9-15-2/h12-13,15H,3-11H2,1-2H3. The normalized spacial score (nSPS) is 28.9. The fourth-order valence-corrected chi connectivity index (χ4v) is 5.22. The molecule has 1 N–H and O–H groups in total. The molecule has 6 nitrogen and oxygen atoms in total. The van der Waals surface area contributed by atoms with Gasteiger partial charge in [0.2, 0.25) is 5.91 Å². The molecule has 2 rings (SSSR count). The van der Waals surface area contributed by atoms with Crippen molar-refractivity contribution in [2.45, 2.75) is 38.3 Å². The third-order valence-electron chi connectivity index (χ3n) is 4.59. The lowest BCUT2D eigenvalue weighted by Gasteiger charge is -2.31. The number of amides is 1. The highest BCUT2D eigenvalue weighted by Gasteiger charge is 2.35. The number of hydrogen-bond donors (Lipinski definition) is 1. The van der Waals surface area contributed by atoms with Crippen LogP contribution in [0.4, 0.5) is 0 Å². The van der Waals surface area contributed by atoms with Gasteiger partial charge in [-0.2, -0.15) is 0 Å². The summed E-state index contributed by atoms with van der Waals surface area (Å²) in [6.45, 7) is 4.79. The average molecular weight is 317 g/mol. The minimum absolute atomic E-state index is 0.0719. The van der Waals surface area contributed by atoms with Crippen LogP contribution in [0, 0.1) is 0 Å². The van der Waals surface area contributed by atoms with Crippen molar-refractivity contribution in [3.63, 3.8) is 0 Å². The van der Waals surface area contributed by atoms with Gasteiger partial charge in [0.1, 0.15) is 0 Å². The summed E-state index contributed by atoms with van der Waals surface area (Å²) in [6, 6.07) is 0.294. The van der Waals surface area contributed by atoms with Gasteiger partial charge in [0.05, 0.1) is 18.1 Å². The maximum atomic E-state index is 12.5. The summed E-state index contributed by atoms with van der Waals surface area (Å²) >= 11 is 0. The largest absolute Gasteiger partial charge is 0.338 e. The van der Waals surface area contributed by atoms with Gasteiger partial charge in [-0.1, -0.05) is 0 Å². The van der Waals surface area contributed by atoms with Gasteiger partial charge in [-0.3, -0.25) is 9.69 Å². The molecule has 2 atom stereocenters. The minimum atomic E-state index is -2.95. The SMILES string of the molecule is CCN(C(=O)CN1CCCC1CNC)C1CCS(=O)(=O)C1. The van der Waals surface area contributed by atoms with Crippen molar-refractivity contribution >= 4 is 15.7 Å². The van der Waals surface area contributed by atoms with Crippen LogP contribution in [0.2, 0.25) is 0 Å². The molecule has 0 aromatic heterocycles. The Morgan fingerprint density at radius 3 is 2.71 bits per heavy atom. The van der Waals surface area contributed by atoms with Crippen LogP contribution < -0.4 is 5.32 Å². The Balaban J connectivity index is 1.94. The van der Waals surface area contributed by atoms with Gasteiger partial charge >= 0.3 is 0 Å². The van der Waals surface area contributed by atoms with E-state index in [1.165, 1.54) is 0 Å². The monoisotopic (exact) mass is 317 g/mol. The number of carbonyl (C=O) groups excluding carboxylic acids is 1. The van der Waals surface area contributed by atoms with Crippen molar-refractivity contribution in [1.82, 2.24) is 15.1 Å². The first kappa shape index (κ1) is 16.7.